The number of carbonyl (C=O) groups excluding carboxylic acids is 6. The lowest BCUT2D eigenvalue weighted by Crippen LogP contribution is -2.57. The van der Waals surface area contributed by atoms with Gasteiger partial charge in [-0.05, 0) is 49.7 Å². The number of hydrogen-bond donors (Lipinski definition) is 8. The molecule has 0 aliphatic rings. The highest BCUT2D eigenvalue weighted by atomic mass is 16.4. The standard InChI is InChI=1S/C47H72N6O9/c1-33(2)30-37(44(58)49-29-28-35-22-16-14-17-23-35)51-46(60)43(34(3)54)53-42(57)27-21-13-11-9-7-5-4-6-8-10-12-20-26-41(56)50-38(32-40(48)55)45(59)52-39(47(61)62)31-36-24-18-15-19-25-36/h14-19,22-25,33-34,37-39,43,54H,4-13,20-21,26-32H2,1-3H3,(H2,48,55)(H,49,58)(H,50,56)(H,51,60)(H,52,59)(H,53,57)(H,61,62)/t34?,37-,38-,39-,43-/m0/s1. The van der Waals surface area contributed by atoms with E-state index >= 15 is 0 Å². The van der Waals surface area contributed by atoms with E-state index in [-0.39, 0.29) is 37.0 Å². The van der Waals surface area contributed by atoms with Crippen molar-refractivity contribution in [2.75, 3.05) is 6.54 Å². The molecule has 0 aliphatic heterocycles. The molecule has 9 N–H and O–H groups in total. The van der Waals surface area contributed by atoms with E-state index in [2.05, 4.69) is 26.6 Å². The van der Waals surface area contributed by atoms with Crippen molar-refractivity contribution < 1.29 is 43.8 Å². The number of aliphatic hydroxyl groups excluding tert-OH is 1. The molecule has 0 heterocycles. The second-order valence-corrected chi connectivity index (χ2v) is 16.6. The van der Waals surface area contributed by atoms with E-state index < -0.39 is 66.3 Å². The number of nitrogens with one attached hydrogen (secondary N) is 5. The number of hydrogen-bond acceptors (Lipinski definition) is 8. The summed E-state index contributed by atoms with van der Waals surface area (Å²) in [6, 6.07) is 14.1. The number of rotatable bonds is 33. The molecule has 0 spiro atoms. The Labute approximate surface area is 367 Å². The second kappa shape index (κ2) is 30.7. The topological polar surface area (TPSA) is 246 Å². The van der Waals surface area contributed by atoms with Crippen molar-refractivity contribution in [3.05, 3.63) is 71.8 Å². The summed E-state index contributed by atoms with van der Waals surface area (Å²) in [5.41, 5.74) is 7.11. The van der Waals surface area contributed by atoms with Gasteiger partial charge in [0.05, 0.1) is 12.5 Å². The summed E-state index contributed by atoms with van der Waals surface area (Å²) in [5, 5.41) is 33.2. The maximum Gasteiger partial charge on any atom is 0.326 e. The van der Waals surface area contributed by atoms with Crippen LogP contribution in [0.1, 0.15) is 135 Å². The Hall–Kier alpha value is -5.31. The van der Waals surface area contributed by atoms with Gasteiger partial charge in [-0.1, -0.05) is 139 Å². The number of aliphatic carboxylic acids is 1. The van der Waals surface area contributed by atoms with Gasteiger partial charge in [0.25, 0.3) is 0 Å². The van der Waals surface area contributed by atoms with E-state index in [4.69, 9.17) is 5.73 Å². The normalized spacial score (nSPS) is 13.5. The molecule has 0 radical (unpaired) electrons. The summed E-state index contributed by atoms with van der Waals surface area (Å²) in [7, 11) is 0. The molecule has 2 aromatic rings. The summed E-state index contributed by atoms with van der Waals surface area (Å²) in [5.74, 6) is -4.30. The third-order valence-electron chi connectivity index (χ3n) is 10.5. The summed E-state index contributed by atoms with van der Waals surface area (Å²) < 4.78 is 0. The van der Waals surface area contributed by atoms with Crippen molar-refractivity contribution in [2.24, 2.45) is 11.7 Å². The Kier molecular flexibility index (Phi) is 26.1. The maximum absolute atomic E-state index is 13.2. The first-order valence-electron chi connectivity index (χ1n) is 22.4. The van der Waals surface area contributed by atoms with Crippen LogP contribution in [0.2, 0.25) is 0 Å². The maximum atomic E-state index is 13.2. The average molecular weight is 865 g/mol. The lowest BCUT2D eigenvalue weighted by Gasteiger charge is -2.25. The number of amides is 6. The first-order valence-corrected chi connectivity index (χ1v) is 22.4. The van der Waals surface area contributed by atoms with Crippen LogP contribution in [0.15, 0.2) is 60.7 Å². The van der Waals surface area contributed by atoms with Crippen molar-refractivity contribution >= 4 is 41.4 Å². The minimum absolute atomic E-state index is 0.0422. The van der Waals surface area contributed by atoms with Crippen molar-refractivity contribution in [2.45, 2.75) is 167 Å². The van der Waals surface area contributed by atoms with E-state index in [1.54, 1.807) is 30.3 Å². The van der Waals surface area contributed by atoms with Gasteiger partial charge in [0.1, 0.15) is 24.2 Å². The van der Waals surface area contributed by atoms with Gasteiger partial charge in [-0.3, -0.25) is 28.8 Å². The zero-order valence-corrected chi connectivity index (χ0v) is 37.0. The molecule has 2 rings (SSSR count). The fraction of sp³-hybridized carbons (Fsp3) is 0.596. The number of unbranched alkanes of at least 4 members (excludes halogenated alkanes) is 11. The average Bonchev–Trinajstić information content (AvgIpc) is 3.22. The molecule has 2 aromatic carbocycles. The molecule has 0 saturated carbocycles. The predicted octanol–water partition coefficient (Wildman–Crippen LogP) is 4.38. The molecule has 0 saturated heterocycles. The minimum Gasteiger partial charge on any atom is -0.480 e. The first kappa shape index (κ1) is 52.8. The Morgan fingerprint density at radius 1 is 0.565 bits per heavy atom. The molecule has 344 valence electrons. The number of primary amides is 1. The number of benzene rings is 2. The molecule has 0 fully saturated rings. The van der Waals surface area contributed by atoms with Crippen LogP contribution in [0.5, 0.6) is 0 Å². The largest absolute Gasteiger partial charge is 0.480 e. The van der Waals surface area contributed by atoms with Crippen LogP contribution in [-0.4, -0.2) is 88.4 Å². The van der Waals surface area contributed by atoms with Crippen LogP contribution in [0, 0.1) is 5.92 Å². The highest BCUT2D eigenvalue weighted by Gasteiger charge is 2.31. The molecule has 15 nitrogen and oxygen atoms in total. The number of carboxylic acid groups (broad SMARTS) is 1. The van der Waals surface area contributed by atoms with E-state index in [9.17, 15) is 43.8 Å². The molecular formula is C47H72N6O9. The van der Waals surface area contributed by atoms with Crippen LogP contribution in [-0.2, 0) is 46.4 Å². The number of aliphatic hydroxyl groups is 1. The highest BCUT2D eigenvalue weighted by molar-refractivity contribution is 5.94. The van der Waals surface area contributed by atoms with Gasteiger partial charge < -0.3 is 42.5 Å². The fourth-order valence-corrected chi connectivity index (χ4v) is 7.05. The predicted molar refractivity (Wildman–Crippen MR) is 238 cm³/mol. The quantitative estimate of drug-likeness (QED) is 0.0474. The molecule has 62 heavy (non-hydrogen) atoms. The van der Waals surface area contributed by atoms with Crippen LogP contribution < -0.4 is 32.3 Å². The smallest absolute Gasteiger partial charge is 0.326 e. The molecule has 15 heteroatoms. The van der Waals surface area contributed by atoms with Gasteiger partial charge in [0, 0.05) is 25.8 Å². The third kappa shape index (κ3) is 23.6. The Bertz CT molecular complexity index is 1660. The van der Waals surface area contributed by atoms with Crippen LogP contribution in [0.4, 0.5) is 0 Å². The summed E-state index contributed by atoms with van der Waals surface area (Å²) >= 11 is 0. The second-order valence-electron chi connectivity index (χ2n) is 16.6. The van der Waals surface area contributed by atoms with Crippen molar-refractivity contribution in [1.82, 2.24) is 26.6 Å². The van der Waals surface area contributed by atoms with Gasteiger partial charge in [-0.15, -0.1) is 0 Å². The molecule has 0 bridgehead atoms. The van der Waals surface area contributed by atoms with Gasteiger partial charge in [0.15, 0.2) is 0 Å². The summed E-state index contributed by atoms with van der Waals surface area (Å²) in [6.07, 6.45) is 11.3. The molecule has 0 aliphatic carbocycles. The van der Waals surface area contributed by atoms with Gasteiger partial charge >= 0.3 is 5.97 Å². The van der Waals surface area contributed by atoms with Crippen molar-refractivity contribution in [3.63, 3.8) is 0 Å². The number of carbonyl (C=O) groups is 7. The zero-order valence-electron chi connectivity index (χ0n) is 37.0. The van der Waals surface area contributed by atoms with E-state index in [1.165, 1.54) is 6.92 Å². The monoisotopic (exact) mass is 865 g/mol. The third-order valence-corrected chi connectivity index (χ3v) is 10.5. The van der Waals surface area contributed by atoms with E-state index in [1.807, 2.05) is 44.2 Å². The van der Waals surface area contributed by atoms with Gasteiger partial charge in [0.2, 0.25) is 35.4 Å². The SMILES string of the molecule is CC(C)C[C@H](NC(=O)[C@@H](NC(=O)CCCCCCCCCCCCCCC(=O)N[C@@H](CC(N)=O)C(=O)N[C@@H](Cc1ccccc1)C(=O)O)C(C)O)C(=O)NCCc1ccccc1. The summed E-state index contributed by atoms with van der Waals surface area (Å²) in [4.78, 5) is 87.7. The number of carboxylic acids is 1. The number of nitrogens with two attached hydrogens (primary N) is 1. The lowest BCUT2D eigenvalue weighted by molar-refractivity contribution is -0.142. The zero-order chi connectivity index (χ0) is 45.7. The van der Waals surface area contributed by atoms with Crippen molar-refractivity contribution in [1.29, 1.82) is 0 Å². The van der Waals surface area contributed by atoms with Gasteiger partial charge in [-0.25, -0.2) is 4.79 Å². The van der Waals surface area contributed by atoms with E-state index in [0.717, 1.165) is 69.8 Å². The molecule has 5 atom stereocenters. The highest BCUT2D eigenvalue weighted by Crippen LogP contribution is 2.14. The van der Waals surface area contributed by atoms with E-state index in [0.29, 0.717) is 37.8 Å². The Morgan fingerprint density at radius 3 is 1.50 bits per heavy atom. The Balaban J connectivity index is 1.57. The Morgan fingerprint density at radius 2 is 1.03 bits per heavy atom. The van der Waals surface area contributed by atoms with Crippen molar-refractivity contribution in [3.8, 4) is 0 Å². The van der Waals surface area contributed by atoms with Crippen LogP contribution >= 0.6 is 0 Å². The van der Waals surface area contributed by atoms with Crippen LogP contribution in [0.25, 0.3) is 0 Å². The molecule has 1 unspecified atom stereocenters. The lowest BCUT2D eigenvalue weighted by atomic mass is 10.0. The molecule has 6 amide bonds. The molecular weight excluding hydrogens is 793 g/mol. The molecule has 0 aromatic heterocycles. The summed E-state index contributed by atoms with van der Waals surface area (Å²) in [6.45, 7) is 5.78. The minimum atomic E-state index is -1.27. The van der Waals surface area contributed by atoms with Crippen LogP contribution in [0.3, 0.4) is 0 Å². The van der Waals surface area contributed by atoms with Gasteiger partial charge in [-0.2, -0.15) is 0 Å². The first-order chi connectivity index (χ1) is 29.7. The fourth-order valence-electron chi connectivity index (χ4n) is 7.05.